The molecular formula is C13H26N4O2. The Morgan fingerprint density at radius 3 is 2.74 bits per heavy atom. The molecule has 0 bridgehead atoms. The summed E-state index contributed by atoms with van der Waals surface area (Å²) < 4.78 is 6.72. The first-order valence-corrected chi connectivity index (χ1v) is 6.60. The van der Waals surface area contributed by atoms with Crippen LogP contribution in [0.1, 0.15) is 24.9 Å². The molecule has 3 unspecified atom stereocenters. The number of nitrogens with two attached hydrogens (primary N) is 1. The molecule has 0 aliphatic carbocycles. The highest BCUT2D eigenvalue weighted by atomic mass is 16.5. The van der Waals surface area contributed by atoms with Gasteiger partial charge in [0.1, 0.15) is 0 Å². The van der Waals surface area contributed by atoms with E-state index in [9.17, 15) is 5.11 Å². The molecular weight excluding hydrogens is 244 g/mol. The van der Waals surface area contributed by atoms with E-state index in [1.165, 1.54) is 0 Å². The zero-order valence-corrected chi connectivity index (χ0v) is 12.3. The molecule has 0 spiro atoms. The lowest BCUT2D eigenvalue weighted by Gasteiger charge is -2.32. The molecule has 6 heteroatoms. The van der Waals surface area contributed by atoms with Crippen LogP contribution in [0.4, 0.5) is 0 Å². The molecule has 0 aliphatic heterocycles. The molecule has 1 rings (SSSR count). The zero-order valence-electron chi connectivity index (χ0n) is 12.3. The molecule has 0 aromatic carbocycles. The fraction of sp³-hybridized carbons (Fsp3) is 0.769. The van der Waals surface area contributed by atoms with Crippen molar-refractivity contribution in [2.75, 3.05) is 27.3 Å². The van der Waals surface area contributed by atoms with E-state index >= 15 is 0 Å². The van der Waals surface area contributed by atoms with Crippen LogP contribution in [-0.2, 0) is 11.8 Å². The average Bonchev–Trinajstić information content (AvgIpc) is 2.75. The first-order valence-electron chi connectivity index (χ1n) is 6.60. The van der Waals surface area contributed by atoms with Crippen molar-refractivity contribution in [2.45, 2.75) is 31.5 Å². The Bertz CT molecular complexity index is 369. The zero-order chi connectivity index (χ0) is 14.4. The summed E-state index contributed by atoms with van der Waals surface area (Å²) in [6.45, 7) is 2.90. The molecule has 19 heavy (non-hydrogen) atoms. The number of aliphatic hydroxyl groups is 1. The Hall–Kier alpha value is -0.950. The quantitative estimate of drug-likeness (QED) is 0.702. The molecule has 3 atom stereocenters. The lowest BCUT2D eigenvalue weighted by molar-refractivity contribution is 0.0309. The van der Waals surface area contributed by atoms with Gasteiger partial charge >= 0.3 is 0 Å². The van der Waals surface area contributed by atoms with E-state index in [1.54, 1.807) is 11.8 Å². The first-order chi connectivity index (χ1) is 8.99. The van der Waals surface area contributed by atoms with Gasteiger partial charge in [0.15, 0.2) is 0 Å². The minimum absolute atomic E-state index is 0.00365. The molecule has 0 saturated heterocycles. The van der Waals surface area contributed by atoms with Gasteiger partial charge in [-0.2, -0.15) is 5.10 Å². The number of methoxy groups -OCH3 is 1. The number of aliphatic hydroxyl groups excluding tert-OH is 1. The predicted molar refractivity (Wildman–Crippen MR) is 74.7 cm³/mol. The molecule has 1 heterocycles. The Labute approximate surface area is 115 Å². The van der Waals surface area contributed by atoms with Gasteiger partial charge in [0.05, 0.1) is 24.9 Å². The Balaban J connectivity index is 2.79. The molecule has 1 aromatic heterocycles. The van der Waals surface area contributed by atoms with Crippen LogP contribution in [-0.4, -0.2) is 59.2 Å². The van der Waals surface area contributed by atoms with Gasteiger partial charge in [-0.15, -0.1) is 0 Å². The van der Waals surface area contributed by atoms with Crippen molar-refractivity contribution in [3.63, 3.8) is 0 Å². The van der Waals surface area contributed by atoms with Gasteiger partial charge in [0.2, 0.25) is 0 Å². The summed E-state index contributed by atoms with van der Waals surface area (Å²) in [5, 5.41) is 14.0. The maximum absolute atomic E-state index is 9.85. The highest BCUT2D eigenvalue weighted by molar-refractivity contribution is 5.13. The third-order valence-corrected chi connectivity index (χ3v) is 3.28. The lowest BCUT2D eigenvalue weighted by Crippen LogP contribution is -2.42. The molecule has 110 valence electrons. The monoisotopic (exact) mass is 270 g/mol. The van der Waals surface area contributed by atoms with Crippen LogP contribution < -0.4 is 5.73 Å². The van der Waals surface area contributed by atoms with Crippen molar-refractivity contribution >= 4 is 0 Å². The second-order valence-corrected chi connectivity index (χ2v) is 5.01. The summed E-state index contributed by atoms with van der Waals surface area (Å²) in [5.74, 6) is 0. The first kappa shape index (κ1) is 16.1. The van der Waals surface area contributed by atoms with Crippen LogP contribution in [0.3, 0.4) is 0 Å². The summed E-state index contributed by atoms with van der Waals surface area (Å²) in [4.78, 5) is 2.06. The largest absolute Gasteiger partial charge is 0.389 e. The van der Waals surface area contributed by atoms with Gasteiger partial charge in [0.25, 0.3) is 0 Å². The second kappa shape index (κ2) is 7.59. The molecule has 1 aromatic rings. The fourth-order valence-electron chi connectivity index (χ4n) is 2.34. The minimum atomic E-state index is -0.516. The molecule has 0 amide bonds. The standard InChI is InChI=1S/C13H26N4O2/c1-5-12(14)13(10-6-15-17(3)7-10)16(2)8-11(18)9-19-4/h6-7,11-13,18H,5,8-9,14H2,1-4H3. The summed E-state index contributed by atoms with van der Waals surface area (Å²) in [7, 11) is 5.43. The van der Waals surface area contributed by atoms with Crippen molar-refractivity contribution in [1.82, 2.24) is 14.7 Å². The van der Waals surface area contributed by atoms with Gasteiger partial charge in [-0.25, -0.2) is 0 Å². The van der Waals surface area contributed by atoms with Crippen molar-refractivity contribution in [3.05, 3.63) is 18.0 Å². The minimum Gasteiger partial charge on any atom is -0.389 e. The van der Waals surface area contributed by atoms with Crippen molar-refractivity contribution < 1.29 is 9.84 Å². The molecule has 3 N–H and O–H groups in total. The predicted octanol–water partition coefficient (Wildman–Crippen LogP) is 0.138. The van der Waals surface area contributed by atoms with Crippen LogP contribution in [0.25, 0.3) is 0 Å². The van der Waals surface area contributed by atoms with Gasteiger partial charge in [-0.1, -0.05) is 6.92 Å². The van der Waals surface area contributed by atoms with E-state index in [0.29, 0.717) is 13.2 Å². The van der Waals surface area contributed by atoms with Crippen molar-refractivity contribution in [3.8, 4) is 0 Å². The Morgan fingerprint density at radius 1 is 1.58 bits per heavy atom. The molecule has 0 radical (unpaired) electrons. The van der Waals surface area contributed by atoms with Gasteiger partial charge in [0, 0.05) is 38.5 Å². The number of aromatic nitrogens is 2. The third kappa shape index (κ3) is 4.58. The Kier molecular flexibility index (Phi) is 6.44. The smallest absolute Gasteiger partial charge is 0.0900 e. The normalized spacial score (nSPS) is 16.6. The number of ether oxygens (including phenoxy) is 1. The maximum Gasteiger partial charge on any atom is 0.0900 e. The van der Waals surface area contributed by atoms with Gasteiger partial charge in [-0.05, 0) is 13.5 Å². The number of aryl methyl sites for hydroxylation is 1. The fourth-order valence-corrected chi connectivity index (χ4v) is 2.34. The van der Waals surface area contributed by atoms with Crippen LogP contribution in [0.5, 0.6) is 0 Å². The molecule has 0 aliphatic rings. The summed E-state index contributed by atoms with van der Waals surface area (Å²) in [6, 6.07) is 0.0501. The number of nitrogens with zero attached hydrogens (tertiary/aromatic N) is 3. The number of rotatable bonds is 8. The van der Waals surface area contributed by atoms with E-state index < -0.39 is 6.10 Å². The average molecular weight is 270 g/mol. The summed E-state index contributed by atoms with van der Waals surface area (Å²) >= 11 is 0. The third-order valence-electron chi connectivity index (χ3n) is 3.28. The number of hydrogen-bond acceptors (Lipinski definition) is 5. The van der Waals surface area contributed by atoms with E-state index in [-0.39, 0.29) is 12.1 Å². The number of hydrogen-bond donors (Lipinski definition) is 2. The van der Waals surface area contributed by atoms with Crippen LogP contribution in [0, 0.1) is 0 Å². The SMILES string of the molecule is CCC(N)C(c1cnn(C)c1)N(C)CC(O)COC. The van der Waals surface area contributed by atoms with Crippen LogP contribution >= 0.6 is 0 Å². The topological polar surface area (TPSA) is 76.5 Å². The van der Waals surface area contributed by atoms with E-state index in [0.717, 1.165) is 12.0 Å². The number of likely N-dealkylation sites (N-methyl/N-ethyl adjacent to an activating group) is 1. The lowest BCUT2D eigenvalue weighted by atomic mass is 9.99. The van der Waals surface area contributed by atoms with E-state index in [4.69, 9.17) is 10.5 Å². The molecule has 0 saturated carbocycles. The van der Waals surface area contributed by atoms with Gasteiger partial charge < -0.3 is 15.6 Å². The summed E-state index contributed by atoms with van der Waals surface area (Å²) in [5.41, 5.74) is 7.29. The summed E-state index contributed by atoms with van der Waals surface area (Å²) in [6.07, 6.45) is 4.15. The van der Waals surface area contributed by atoms with E-state index in [1.807, 2.05) is 26.5 Å². The van der Waals surface area contributed by atoms with Crippen molar-refractivity contribution in [2.24, 2.45) is 12.8 Å². The molecule has 6 nitrogen and oxygen atoms in total. The van der Waals surface area contributed by atoms with Crippen molar-refractivity contribution in [1.29, 1.82) is 0 Å². The second-order valence-electron chi connectivity index (χ2n) is 5.01. The highest BCUT2D eigenvalue weighted by Crippen LogP contribution is 2.23. The van der Waals surface area contributed by atoms with Crippen LogP contribution in [0.15, 0.2) is 12.4 Å². The van der Waals surface area contributed by atoms with E-state index in [2.05, 4.69) is 16.9 Å². The molecule has 0 fully saturated rings. The Morgan fingerprint density at radius 2 is 2.26 bits per heavy atom. The highest BCUT2D eigenvalue weighted by Gasteiger charge is 2.25. The van der Waals surface area contributed by atoms with Gasteiger partial charge in [-0.3, -0.25) is 9.58 Å². The maximum atomic E-state index is 9.85. The van der Waals surface area contributed by atoms with Crippen LogP contribution in [0.2, 0.25) is 0 Å².